The van der Waals surface area contributed by atoms with Crippen molar-refractivity contribution in [2.24, 2.45) is 16.2 Å². The number of nitrogens with one attached hydrogen (secondary N) is 4. The van der Waals surface area contributed by atoms with Crippen molar-refractivity contribution in [3.05, 3.63) is 99.6 Å². The highest BCUT2D eigenvalue weighted by atomic mass is 35.5. The molecule has 5 N–H and O–H groups in total. The zero-order valence-corrected chi connectivity index (χ0v) is 40.8. The summed E-state index contributed by atoms with van der Waals surface area (Å²) in [4.78, 5) is 73.3. The van der Waals surface area contributed by atoms with Gasteiger partial charge in [0.1, 0.15) is 35.8 Å². The van der Waals surface area contributed by atoms with Crippen molar-refractivity contribution in [3.8, 4) is 28.0 Å². The summed E-state index contributed by atoms with van der Waals surface area (Å²) in [7, 11) is 0. The monoisotopic (exact) mass is 953 g/mol. The van der Waals surface area contributed by atoms with Crippen LogP contribution in [0.25, 0.3) is 10.4 Å². The summed E-state index contributed by atoms with van der Waals surface area (Å²) in [6, 6.07) is 19.3. The van der Waals surface area contributed by atoms with Crippen molar-refractivity contribution in [2.75, 3.05) is 19.7 Å². The molecule has 3 atom stereocenters. The minimum Gasteiger partial charge on any atom is -0.494 e. The molecule has 0 unspecified atom stereocenters. The summed E-state index contributed by atoms with van der Waals surface area (Å²) in [6.07, 6.45) is -0.672. The first kappa shape index (κ1) is 50.4. The smallest absolute Gasteiger partial charge is 0.251 e. The van der Waals surface area contributed by atoms with Crippen LogP contribution in [0, 0.1) is 34.5 Å². The van der Waals surface area contributed by atoms with Gasteiger partial charge in [0.2, 0.25) is 23.6 Å². The van der Waals surface area contributed by atoms with E-state index in [1.165, 1.54) is 4.90 Å². The average Bonchev–Trinajstić information content (AvgIpc) is 3.91. The lowest BCUT2D eigenvalue weighted by molar-refractivity contribution is -0.164. The second kappa shape index (κ2) is 20.9. The normalized spacial score (nSPS) is 19.8. The zero-order valence-electron chi connectivity index (χ0n) is 39.2. The molecule has 15 nitrogen and oxygen atoms in total. The molecule has 67 heavy (non-hydrogen) atoms. The molecule has 356 valence electrons. The number of aliphatic hydroxyl groups is 1. The van der Waals surface area contributed by atoms with Crippen molar-refractivity contribution in [1.29, 1.82) is 5.26 Å². The predicted molar refractivity (Wildman–Crippen MR) is 255 cm³/mol. The fourth-order valence-electron chi connectivity index (χ4n) is 9.20. The van der Waals surface area contributed by atoms with Crippen molar-refractivity contribution in [1.82, 2.24) is 31.2 Å². The number of rotatable bonds is 17. The zero-order chi connectivity index (χ0) is 48.8. The van der Waals surface area contributed by atoms with Gasteiger partial charge in [-0.15, -0.1) is 11.3 Å². The molecular weight excluding hydrogens is 894 g/mol. The van der Waals surface area contributed by atoms with Crippen LogP contribution in [0.2, 0.25) is 5.02 Å². The first-order valence-corrected chi connectivity index (χ1v) is 23.6. The number of thiazole rings is 1. The molecule has 0 bridgehead atoms. The number of halogens is 1. The van der Waals surface area contributed by atoms with E-state index in [1.807, 2.05) is 65.0 Å². The first-order chi connectivity index (χ1) is 31.6. The number of ether oxygens (including phenoxy) is 2. The van der Waals surface area contributed by atoms with Gasteiger partial charge >= 0.3 is 0 Å². The molecule has 3 aromatic carbocycles. The topological polar surface area (TPSA) is 212 Å². The fraction of sp³-hybridized carbons (Fsp3) is 0.460. The number of likely N-dealkylation sites (tertiary alicyclic amines) is 1. The minimum absolute atomic E-state index is 0.0597. The number of aromatic nitrogens is 1. The maximum atomic E-state index is 14.0. The van der Waals surface area contributed by atoms with E-state index < -0.39 is 52.2 Å². The van der Waals surface area contributed by atoms with E-state index in [0.29, 0.717) is 34.1 Å². The average molecular weight is 955 g/mol. The second-order valence-corrected chi connectivity index (χ2v) is 20.8. The largest absolute Gasteiger partial charge is 0.494 e. The lowest BCUT2D eigenvalue weighted by atomic mass is 9.49. The molecule has 6 rings (SSSR count). The van der Waals surface area contributed by atoms with E-state index in [0.717, 1.165) is 21.7 Å². The molecule has 0 spiro atoms. The Labute approximate surface area is 401 Å². The van der Waals surface area contributed by atoms with Crippen LogP contribution < -0.4 is 30.7 Å². The van der Waals surface area contributed by atoms with Crippen LogP contribution >= 0.6 is 22.9 Å². The van der Waals surface area contributed by atoms with E-state index in [4.69, 9.17) is 21.1 Å². The Morgan fingerprint density at radius 3 is 2.25 bits per heavy atom. The highest BCUT2D eigenvalue weighted by Crippen LogP contribution is 2.55. The number of hydrogen-bond donors (Lipinski definition) is 5. The molecular formula is C50H60ClN7O8S. The number of carbonyl (C=O) groups excluding carboxylic acids is 5. The fourth-order valence-corrected chi connectivity index (χ4v) is 10.2. The molecule has 1 aliphatic heterocycles. The molecule has 2 heterocycles. The summed E-state index contributed by atoms with van der Waals surface area (Å²) < 4.78 is 12.2. The Kier molecular flexibility index (Phi) is 15.7. The van der Waals surface area contributed by atoms with Gasteiger partial charge in [0.15, 0.2) is 0 Å². The van der Waals surface area contributed by atoms with Gasteiger partial charge in [0, 0.05) is 54.4 Å². The van der Waals surface area contributed by atoms with Crippen molar-refractivity contribution in [2.45, 2.75) is 112 Å². The van der Waals surface area contributed by atoms with Crippen LogP contribution in [0.1, 0.15) is 94.9 Å². The van der Waals surface area contributed by atoms with Crippen molar-refractivity contribution < 1.29 is 38.6 Å². The molecule has 17 heteroatoms. The molecule has 5 amide bonds. The van der Waals surface area contributed by atoms with Gasteiger partial charge in [0.25, 0.3) is 5.91 Å². The maximum absolute atomic E-state index is 14.0. The summed E-state index contributed by atoms with van der Waals surface area (Å²) >= 11 is 7.78. The summed E-state index contributed by atoms with van der Waals surface area (Å²) in [5.74, 6) is -1.04. The highest BCUT2D eigenvalue weighted by molar-refractivity contribution is 7.13. The van der Waals surface area contributed by atoms with E-state index in [9.17, 15) is 34.3 Å². The number of benzene rings is 3. The Morgan fingerprint density at radius 1 is 0.970 bits per heavy atom. The quantitative estimate of drug-likeness (QED) is 0.0742. The van der Waals surface area contributed by atoms with Crippen LogP contribution in [0.5, 0.6) is 11.5 Å². The van der Waals surface area contributed by atoms with Gasteiger partial charge in [-0.1, -0.05) is 84.3 Å². The van der Waals surface area contributed by atoms with Gasteiger partial charge in [-0.05, 0) is 66.3 Å². The lowest BCUT2D eigenvalue weighted by Crippen LogP contribution is -2.74. The summed E-state index contributed by atoms with van der Waals surface area (Å²) in [6.45, 7) is 15.5. The van der Waals surface area contributed by atoms with E-state index in [2.05, 4.69) is 26.3 Å². The number of nitriles is 1. The van der Waals surface area contributed by atoms with Gasteiger partial charge in [0.05, 0.1) is 45.9 Å². The molecule has 2 fully saturated rings. The molecule has 0 radical (unpaired) electrons. The van der Waals surface area contributed by atoms with Crippen molar-refractivity contribution >= 4 is 52.5 Å². The maximum Gasteiger partial charge on any atom is 0.251 e. The Morgan fingerprint density at radius 2 is 1.64 bits per heavy atom. The summed E-state index contributed by atoms with van der Waals surface area (Å²) in [5.41, 5.74) is 3.86. The van der Waals surface area contributed by atoms with E-state index >= 15 is 0 Å². The van der Waals surface area contributed by atoms with Gasteiger partial charge in [-0.25, -0.2) is 4.98 Å². The van der Waals surface area contributed by atoms with Crippen LogP contribution in [-0.4, -0.2) is 94.6 Å². The molecule has 1 aliphatic carbocycles. The van der Waals surface area contributed by atoms with E-state index in [1.54, 1.807) is 80.1 Å². The molecule has 2 aliphatic rings. The molecule has 1 saturated heterocycles. The third-order valence-corrected chi connectivity index (χ3v) is 13.8. The molecule has 1 saturated carbocycles. The van der Waals surface area contributed by atoms with Gasteiger partial charge < -0.3 is 40.7 Å². The van der Waals surface area contributed by atoms with Crippen LogP contribution in [0.15, 0.2) is 72.2 Å². The van der Waals surface area contributed by atoms with Crippen LogP contribution in [-0.2, 0) is 25.7 Å². The Hall–Kier alpha value is -6.02. The number of amides is 5. The van der Waals surface area contributed by atoms with Gasteiger partial charge in [-0.2, -0.15) is 5.26 Å². The molecule has 4 aromatic rings. The Balaban J connectivity index is 0.914. The highest BCUT2D eigenvalue weighted by Gasteiger charge is 2.64. The van der Waals surface area contributed by atoms with Gasteiger partial charge in [-0.3, -0.25) is 24.0 Å². The number of carbonyl (C=O) groups is 5. The second-order valence-electron chi connectivity index (χ2n) is 19.5. The number of aliphatic hydroxyl groups excluding tert-OH is 1. The third-order valence-electron chi connectivity index (χ3n) is 12.5. The third kappa shape index (κ3) is 11.9. The number of β-amino-alcohol motifs (C(OH)–C–C–N with tert-alkyl or cyclic N) is 1. The SMILES string of the molecule is Cc1ncsc1-c1ccc(CNC(=O)[C@@H]2C[C@@H](O)CN2C(=O)[C@@H](NC(=O)CNC(=O)CCCOc2ccc(C(=O)NC3C(C)(C)C(Oc4ccc(C#N)c(Cl)c4)C3(C)C)cc2)C(C)(C)C)cc1. The van der Waals surface area contributed by atoms with E-state index in [-0.39, 0.29) is 63.0 Å². The van der Waals surface area contributed by atoms with Crippen LogP contribution in [0.4, 0.5) is 0 Å². The van der Waals surface area contributed by atoms with Crippen molar-refractivity contribution in [3.63, 3.8) is 0 Å². The Bertz CT molecular complexity index is 2480. The number of hydrogen-bond acceptors (Lipinski definition) is 11. The molecule has 1 aromatic heterocycles. The number of nitrogens with zero attached hydrogens (tertiary/aromatic N) is 3. The standard InChI is InChI=1S/C50H60ClN7O8S/c1-29-41(67-28-55-29)31-13-11-30(12-14-31)25-54-44(63)38-22-34(59)27-58(38)45(64)42(48(2,3)4)56-40(61)26-53-39(60)10-9-21-65-35-18-15-32(16-19-35)43(62)57-46-49(5,6)47(50(46,7)8)66-36-20-17-33(24-52)37(51)23-36/h11-20,23,28,34,38,42,46-47,59H,9-10,21-22,25-27H2,1-8H3,(H,53,60)(H,54,63)(H,56,61)(H,57,62)/t34-,38+,42-,46?,47?/m1/s1. The number of aryl methyl sites for hydroxylation is 1. The predicted octanol–water partition coefficient (Wildman–Crippen LogP) is 6.34. The van der Waals surface area contributed by atoms with Crippen LogP contribution in [0.3, 0.4) is 0 Å². The lowest BCUT2D eigenvalue weighted by Gasteiger charge is -2.63. The minimum atomic E-state index is -1.04. The first-order valence-electron chi connectivity index (χ1n) is 22.3. The summed E-state index contributed by atoms with van der Waals surface area (Å²) in [5, 5.41) is 31.5.